The minimum atomic E-state index is -0.792. The van der Waals surface area contributed by atoms with E-state index in [1.165, 1.54) is 5.56 Å². The summed E-state index contributed by atoms with van der Waals surface area (Å²) in [4.78, 5) is 8.95. The molecule has 19 heavy (non-hydrogen) atoms. The summed E-state index contributed by atoms with van der Waals surface area (Å²) in [7, 11) is 0. The number of aliphatic imine (C=N–C) groups is 1. The predicted octanol–water partition coefficient (Wildman–Crippen LogP) is 2.98. The molecule has 2 unspecified atom stereocenters. The molecule has 4 rings (SSSR count). The SMILES string of the molecule is OC1N=C2c3cccc(Br)c3CC2c2ncccc21. The number of fused-ring (bicyclic) bond motifs is 5. The third-order valence-electron chi connectivity index (χ3n) is 3.87. The van der Waals surface area contributed by atoms with E-state index in [1.807, 2.05) is 24.3 Å². The number of rotatable bonds is 0. The number of aromatic nitrogens is 1. The fourth-order valence-corrected chi connectivity index (χ4v) is 3.55. The molecular weight excluding hydrogens is 304 g/mol. The Labute approximate surface area is 119 Å². The van der Waals surface area contributed by atoms with Crippen molar-refractivity contribution in [3.05, 3.63) is 63.4 Å². The first-order valence-corrected chi connectivity index (χ1v) is 7.03. The van der Waals surface area contributed by atoms with Crippen LogP contribution >= 0.6 is 15.9 Å². The Hall–Kier alpha value is -1.52. The highest BCUT2D eigenvalue weighted by Crippen LogP contribution is 2.42. The Morgan fingerprint density at radius 2 is 2.11 bits per heavy atom. The molecule has 0 fully saturated rings. The van der Waals surface area contributed by atoms with Crippen molar-refractivity contribution < 1.29 is 5.11 Å². The number of hydrogen-bond donors (Lipinski definition) is 1. The van der Waals surface area contributed by atoms with E-state index >= 15 is 0 Å². The number of pyridine rings is 1. The predicted molar refractivity (Wildman–Crippen MR) is 76.3 cm³/mol. The van der Waals surface area contributed by atoms with Crippen LogP contribution in [0, 0.1) is 0 Å². The Morgan fingerprint density at radius 1 is 1.21 bits per heavy atom. The molecule has 0 spiro atoms. The molecule has 1 aliphatic carbocycles. The first-order chi connectivity index (χ1) is 9.25. The second kappa shape index (κ2) is 3.99. The standard InChI is InChI=1S/C15H11BrN2O/c16-12-5-1-3-8-10(12)7-11-13-9(4-2-6-17-13)15(19)18-14(8)11/h1-6,11,15,19H,7H2. The molecule has 2 aromatic rings. The average Bonchev–Trinajstić information content (AvgIpc) is 2.80. The van der Waals surface area contributed by atoms with Gasteiger partial charge in [0.15, 0.2) is 6.23 Å². The van der Waals surface area contributed by atoms with Gasteiger partial charge < -0.3 is 5.11 Å². The maximum Gasteiger partial charge on any atom is 0.173 e. The van der Waals surface area contributed by atoms with Gasteiger partial charge in [-0.3, -0.25) is 9.98 Å². The monoisotopic (exact) mass is 314 g/mol. The van der Waals surface area contributed by atoms with Crippen molar-refractivity contribution in [2.45, 2.75) is 18.6 Å². The Kier molecular flexibility index (Phi) is 2.37. The van der Waals surface area contributed by atoms with Crippen molar-refractivity contribution in [1.82, 2.24) is 4.98 Å². The topological polar surface area (TPSA) is 45.5 Å². The van der Waals surface area contributed by atoms with Crippen LogP contribution in [0.15, 0.2) is 46.0 Å². The quantitative estimate of drug-likeness (QED) is 0.812. The van der Waals surface area contributed by atoms with Crippen molar-refractivity contribution >= 4 is 21.6 Å². The fraction of sp³-hybridized carbons (Fsp3) is 0.200. The molecule has 1 aliphatic heterocycles. The smallest absolute Gasteiger partial charge is 0.173 e. The van der Waals surface area contributed by atoms with Gasteiger partial charge in [0.1, 0.15) is 0 Å². The molecule has 4 heteroatoms. The number of aliphatic hydroxyl groups is 1. The summed E-state index contributed by atoms with van der Waals surface area (Å²) in [6, 6.07) is 9.88. The molecule has 0 amide bonds. The normalized spacial score (nSPS) is 23.4. The van der Waals surface area contributed by atoms with Crippen molar-refractivity contribution in [2.75, 3.05) is 0 Å². The summed E-state index contributed by atoms with van der Waals surface area (Å²) in [5, 5.41) is 10.2. The van der Waals surface area contributed by atoms with Gasteiger partial charge >= 0.3 is 0 Å². The van der Waals surface area contributed by atoms with E-state index in [1.54, 1.807) is 6.20 Å². The zero-order valence-electron chi connectivity index (χ0n) is 10.0. The van der Waals surface area contributed by atoms with Crippen LogP contribution in [0.4, 0.5) is 0 Å². The summed E-state index contributed by atoms with van der Waals surface area (Å²) >= 11 is 3.60. The highest BCUT2D eigenvalue weighted by Gasteiger charge is 2.37. The lowest BCUT2D eigenvalue weighted by Crippen LogP contribution is -2.20. The van der Waals surface area contributed by atoms with Gasteiger partial charge in [0, 0.05) is 27.7 Å². The molecule has 2 heterocycles. The molecule has 0 saturated carbocycles. The number of aliphatic hydroxyl groups excluding tert-OH is 1. The maximum absolute atomic E-state index is 10.2. The van der Waals surface area contributed by atoms with Gasteiger partial charge in [0.05, 0.1) is 11.4 Å². The first-order valence-electron chi connectivity index (χ1n) is 6.24. The summed E-state index contributed by atoms with van der Waals surface area (Å²) in [5.41, 5.74) is 5.16. The van der Waals surface area contributed by atoms with E-state index in [9.17, 15) is 5.11 Å². The summed E-state index contributed by atoms with van der Waals surface area (Å²) in [5.74, 6) is 0.174. The molecule has 3 nitrogen and oxygen atoms in total. The molecule has 2 atom stereocenters. The van der Waals surface area contributed by atoms with Crippen LogP contribution in [0.5, 0.6) is 0 Å². The second-order valence-corrected chi connectivity index (χ2v) is 5.74. The largest absolute Gasteiger partial charge is 0.368 e. The van der Waals surface area contributed by atoms with E-state index in [0.717, 1.165) is 33.4 Å². The lowest BCUT2D eigenvalue weighted by atomic mass is 9.92. The zero-order valence-corrected chi connectivity index (χ0v) is 11.6. The lowest BCUT2D eigenvalue weighted by Gasteiger charge is -2.23. The van der Waals surface area contributed by atoms with Crippen LogP contribution in [-0.4, -0.2) is 15.8 Å². The number of halogens is 1. The second-order valence-electron chi connectivity index (χ2n) is 4.89. The molecule has 2 aliphatic rings. The lowest BCUT2D eigenvalue weighted by molar-refractivity contribution is 0.184. The van der Waals surface area contributed by atoms with Gasteiger partial charge in [-0.2, -0.15) is 0 Å². The third kappa shape index (κ3) is 1.53. The minimum absolute atomic E-state index is 0.174. The van der Waals surface area contributed by atoms with Crippen molar-refractivity contribution in [2.24, 2.45) is 4.99 Å². The van der Waals surface area contributed by atoms with Gasteiger partial charge in [-0.15, -0.1) is 0 Å². The van der Waals surface area contributed by atoms with Crippen LogP contribution in [0.2, 0.25) is 0 Å². The zero-order chi connectivity index (χ0) is 13.0. The van der Waals surface area contributed by atoms with Gasteiger partial charge in [0.25, 0.3) is 0 Å². The molecule has 1 aromatic carbocycles. The van der Waals surface area contributed by atoms with Crippen LogP contribution in [0.1, 0.15) is 34.5 Å². The molecule has 1 aromatic heterocycles. The fourth-order valence-electron chi connectivity index (χ4n) is 3.02. The molecule has 0 radical (unpaired) electrons. The van der Waals surface area contributed by atoms with E-state index in [4.69, 9.17) is 0 Å². The maximum atomic E-state index is 10.2. The highest BCUT2D eigenvalue weighted by molar-refractivity contribution is 9.10. The van der Waals surface area contributed by atoms with E-state index < -0.39 is 6.23 Å². The number of nitrogens with zero attached hydrogens (tertiary/aromatic N) is 2. The van der Waals surface area contributed by atoms with Gasteiger partial charge in [-0.1, -0.05) is 34.1 Å². The minimum Gasteiger partial charge on any atom is -0.368 e. The Bertz CT molecular complexity index is 711. The third-order valence-corrected chi connectivity index (χ3v) is 4.62. The van der Waals surface area contributed by atoms with Crippen LogP contribution in [-0.2, 0) is 6.42 Å². The average molecular weight is 315 g/mol. The van der Waals surface area contributed by atoms with Gasteiger partial charge in [-0.05, 0) is 24.1 Å². The van der Waals surface area contributed by atoms with Crippen LogP contribution in [0.25, 0.3) is 0 Å². The van der Waals surface area contributed by atoms with Crippen molar-refractivity contribution in [3.63, 3.8) is 0 Å². The number of hydrogen-bond acceptors (Lipinski definition) is 3. The van der Waals surface area contributed by atoms with Crippen molar-refractivity contribution in [1.29, 1.82) is 0 Å². The Balaban J connectivity index is 1.95. The van der Waals surface area contributed by atoms with Gasteiger partial charge in [-0.25, -0.2) is 0 Å². The molecule has 0 saturated heterocycles. The molecule has 1 N–H and O–H groups in total. The van der Waals surface area contributed by atoms with E-state index in [2.05, 4.69) is 32.0 Å². The summed E-state index contributed by atoms with van der Waals surface area (Å²) < 4.78 is 1.11. The summed E-state index contributed by atoms with van der Waals surface area (Å²) in [6.45, 7) is 0. The Morgan fingerprint density at radius 3 is 3.00 bits per heavy atom. The van der Waals surface area contributed by atoms with E-state index in [0.29, 0.717) is 0 Å². The highest BCUT2D eigenvalue weighted by atomic mass is 79.9. The van der Waals surface area contributed by atoms with E-state index in [-0.39, 0.29) is 5.92 Å². The van der Waals surface area contributed by atoms with Gasteiger partial charge in [0.2, 0.25) is 0 Å². The first kappa shape index (κ1) is 11.3. The molecular formula is C15H11BrN2O. The van der Waals surface area contributed by atoms with Crippen LogP contribution in [0.3, 0.4) is 0 Å². The molecule has 94 valence electrons. The summed E-state index contributed by atoms with van der Waals surface area (Å²) in [6.07, 6.45) is 1.89. The number of benzene rings is 1. The van der Waals surface area contributed by atoms with Crippen molar-refractivity contribution in [3.8, 4) is 0 Å². The molecule has 0 bridgehead atoms. The van der Waals surface area contributed by atoms with Crippen LogP contribution < -0.4 is 0 Å².